The molecule has 0 radical (unpaired) electrons. The number of pyridine rings is 1. The molecule has 0 atom stereocenters. The summed E-state index contributed by atoms with van der Waals surface area (Å²) in [6.45, 7) is 3.76. The number of aryl methyl sites for hydroxylation is 1. The summed E-state index contributed by atoms with van der Waals surface area (Å²) < 4.78 is 2.26. The summed E-state index contributed by atoms with van der Waals surface area (Å²) >= 11 is 5.90. The first-order chi connectivity index (χ1) is 10.3. The Kier molecular flexibility index (Phi) is 4.06. The Morgan fingerprint density at radius 1 is 1.10 bits per heavy atom. The van der Waals surface area contributed by atoms with Crippen LogP contribution in [0, 0.1) is 0 Å². The predicted octanol–water partition coefficient (Wildman–Crippen LogP) is 4.11. The van der Waals surface area contributed by atoms with Crippen LogP contribution in [0.3, 0.4) is 0 Å². The molecule has 3 aromatic rings. The predicted molar refractivity (Wildman–Crippen MR) is 86.6 cm³/mol. The van der Waals surface area contributed by atoms with Gasteiger partial charge in [-0.15, -0.1) is 0 Å². The van der Waals surface area contributed by atoms with E-state index in [-0.39, 0.29) is 0 Å². The van der Waals surface area contributed by atoms with Crippen molar-refractivity contribution in [2.75, 3.05) is 5.32 Å². The van der Waals surface area contributed by atoms with E-state index >= 15 is 0 Å². The lowest BCUT2D eigenvalue weighted by molar-refractivity contribution is 0.661. The Morgan fingerprint density at radius 3 is 2.76 bits per heavy atom. The van der Waals surface area contributed by atoms with E-state index in [0.29, 0.717) is 11.7 Å². The van der Waals surface area contributed by atoms with Crippen molar-refractivity contribution in [3.05, 3.63) is 53.4 Å². The number of rotatable bonds is 5. The molecule has 0 aliphatic carbocycles. The number of benzene rings is 1. The lowest BCUT2D eigenvalue weighted by Crippen LogP contribution is -2.09. The summed E-state index contributed by atoms with van der Waals surface area (Å²) in [6, 6.07) is 13.8. The van der Waals surface area contributed by atoms with Crippen LogP contribution in [-0.2, 0) is 13.1 Å². The zero-order chi connectivity index (χ0) is 14.7. The molecule has 0 saturated carbocycles. The molecule has 3 rings (SSSR count). The third-order valence-corrected chi connectivity index (χ3v) is 3.53. The van der Waals surface area contributed by atoms with Crippen LogP contribution < -0.4 is 5.32 Å². The number of hydrogen-bond acceptors (Lipinski definition) is 3. The average molecular weight is 301 g/mol. The van der Waals surface area contributed by atoms with Crippen LogP contribution in [0.5, 0.6) is 0 Å². The highest BCUT2D eigenvalue weighted by atomic mass is 35.5. The normalized spacial score (nSPS) is 11.0. The van der Waals surface area contributed by atoms with E-state index in [1.807, 2.05) is 30.3 Å². The second-order valence-corrected chi connectivity index (χ2v) is 5.25. The number of halogens is 1. The SMILES string of the molecule is CCCn1c(CNc2cccc(Cl)n2)nc2ccccc21. The molecule has 0 spiro atoms. The number of nitrogens with one attached hydrogen (secondary N) is 1. The maximum atomic E-state index is 5.90. The van der Waals surface area contributed by atoms with Gasteiger partial charge in [0.1, 0.15) is 16.8 Å². The minimum Gasteiger partial charge on any atom is -0.363 e. The maximum Gasteiger partial charge on any atom is 0.131 e. The van der Waals surface area contributed by atoms with Gasteiger partial charge in [-0.1, -0.05) is 36.7 Å². The Bertz CT molecular complexity index is 751. The number of anilines is 1. The van der Waals surface area contributed by atoms with E-state index in [1.165, 1.54) is 5.52 Å². The molecular formula is C16H17ClN4. The molecule has 0 fully saturated rings. The molecule has 2 heterocycles. The Balaban J connectivity index is 1.87. The Labute approximate surface area is 128 Å². The second-order valence-electron chi connectivity index (χ2n) is 4.87. The van der Waals surface area contributed by atoms with Gasteiger partial charge in [0.2, 0.25) is 0 Å². The number of hydrogen-bond donors (Lipinski definition) is 1. The van der Waals surface area contributed by atoms with Gasteiger partial charge in [0.05, 0.1) is 17.6 Å². The third kappa shape index (κ3) is 3.00. The van der Waals surface area contributed by atoms with Gasteiger partial charge in [-0.25, -0.2) is 9.97 Å². The van der Waals surface area contributed by atoms with Crippen molar-refractivity contribution in [3.8, 4) is 0 Å². The summed E-state index contributed by atoms with van der Waals surface area (Å²) in [4.78, 5) is 8.94. The quantitative estimate of drug-likeness (QED) is 0.721. The van der Waals surface area contributed by atoms with Gasteiger partial charge in [0, 0.05) is 6.54 Å². The molecule has 0 aliphatic rings. The van der Waals surface area contributed by atoms with Gasteiger partial charge in [0.25, 0.3) is 0 Å². The number of para-hydroxylation sites is 2. The van der Waals surface area contributed by atoms with E-state index in [1.54, 1.807) is 6.07 Å². The molecule has 0 saturated heterocycles. The summed E-state index contributed by atoms with van der Waals surface area (Å²) in [6.07, 6.45) is 1.07. The molecule has 21 heavy (non-hydrogen) atoms. The lowest BCUT2D eigenvalue weighted by Gasteiger charge is -2.09. The van der Waals surface area contributed by atoms with E-state index in [2.05, 4.69) is 27.9 Å². The molecule has 1 aromatic carbocycles. The number of imidazole rings is 1. The van der Waals surface area contributed by atoms with Gasteiger partial charge < -0.3 is 9.88 Å². The van der Waals surface area contributed by atoms with Crippen LogP contribution in [0.4, 0.5) is 5.82 Å². The molecule has 108 valence electrons. The zero-order valence-electron chi connectivity index (χ0n) is 11.9. The molecule has 0 bridgehead atoms. The van der Waals surface area contributed by atoms with E-state index in [0.717, 1.165) is 30.1 Å². The highest BCUT2D eigenvalue weighted by Gasteiger charge is 2.09. The number of aromatic nitrogens is 3. The smallest absolute Gasteiger partial charge is 0.131 e. The first-order valence-electron chi connectivity index (χ1n) is 7.08. The van der Waals surface area contributed by atoms with Crippen LogP contribution in [0.25, 0.3) is 11.0 Å². The Hall–Kier alpha value is -2.07. The number of fused-ring (bicyclic) bond motifs is 1. The molecule has 5 heteroatoms. The minimum absolute atomic E-state index is 0.488. The van der Waals surface area contributed by atoms with Crippen LogP contribution >= 0.6 is 11.6 Å². The summed E-state index contributed by atoms with van der Waals surface area (Å²) in [5.41, 5.74) is 2.21. The molecular weight excluding hydrogens is 284 g/mol. The maximum absolute atomic E-state index is 5.90. The van der Waals surface area contributed by atoms with Crippen LogP contribution in [0.2, 0.25) is 5.15 Å². The largest absolute Gasteiger partial charge is 0.363 e. The summed E-state index contributed by atoms with van der Waals surface area (Å²) in [5, 5.41) is 3.77. The van der Waals surface area contributed by atoms with Crippen LogP contribution in [-0.4, -0.2) is 14.5 Å². The molecule has 1 N–H and O–H groups in total. The summed E-state index contributed by atoms with van der Waals surface area (Å²) in [5.74, 6) is 1.78. The van der Waals surface area contributed by atoms with Gasteiger partial charge in [0.15, 0.2) is 0 Å². The topological polar surface area (TPSA) is 42.7 Å². The monoisotopic (exact) mass is 300 g/mol. The lowest BCUT2D eigenvalue weighted by atomic mass is 10.3. The van der Waals surface area contributed by atoms with Gasteiger partial charge in [-0.2, -0.15) is 0 Å². The van der Waals surface area contributed by atoms with E-state index in [4.69, 9.17) is 16.6 Å². The minimum atomic E-state index is 0.488. The average Bonchev–Trinajstić information content (AvgIpc) is 2.84. The summed E-state index contributed by atoms with van der Waals surface area (Å²) in [7, 11) is 0. The van der Waals surface area contributed by atoms with Crippen molar-refractivity contribution in [1.29, 1.82) is 0 Å². The molecule has 0 aliphatic heterocycles. The van der Waals surface area contributed by atoms with Gasteiger partial charge in [-0.3, -0.25) is 0 Å². The first-order valence-corrected chi connectivity index (χ1v) is 7.46. The van der Waals surface area contributed by atoms with Crippen molar-refractivity contribution in [1.82, 2.24) is 14.5 Å². The van der Waals surface area contributed by atoms with Crippen molar-refractivity contribution < 1.29 is 0 Å². The van der Waals surface area contributed by atoms with Crippen molar-refractivity contribution >= 4 is 28.5 Å². The van der Waals surface area contributed by atoms with Crippen molar-refractivity contribution in [3.63, 3.8) is 0 Å². The third-order valence-electron chi connectivity index (χ3n) is 3.32. The van der Waals surface area contributed by atoms with Crippen LogP contribution in [0.1, 0.15) is 19.2 Å². The Morgan fingerprint density at radius 2 is 1.95 bits per heavy atom. The van der Waals surface area contributed by atoms with Crippen molar-refractivity contribution in [2.45, 2.75) is 26.4 Å². The van der Waals surface area contributed by atoms with E-state index < -0.39 is 0 Å². The fraction of sp³-hybridized carbons (Fsp3) is 0.250. The number of nitrogens with zero attached hydrogens (tertiary/aromatic N) is 3. The van der Waals surface area contributed by atoms with E-state index in [9.17, 15) is 0 Å². The fourth-order valence-corrected chi connectivity index (χ4v) is 2.57. The van der Waals surface area contributed by atoms with Crippen molar-refractivity contribution in [2.24, 2.45) is 0 Å². The fourth-order valence-electron chi connectivity index (χ4n) is 2.41. The highest BCUT2D eigenvalue weighted by Crippen LogP contribution is 2.18. The van der Waals surface area contributed by atoms with Crippen LogP contribution in [0.15, 0.2) is 42.5 Å². The first kappa shape index (κ1) is 13.9. The molecule has 4 nitrogen and oxygen atoms in total. The van der Waals surface area contributed by atoms with Gasteiger partial charge in [-0.05, 0) is 30.7 Å². The second kappa shape index (κ2) is 6.14. The highest BCUT2D eigenvalue weighted by molar-refractivity contribution is 6.29. The molecule has 0 amide bonds. The molecule has 2 aromatic heterocycles. The standard InChI is InChI=1S/C16H17ClN4/c1-2-10-21-13-7-4-3-6-12(13)19-16(21)11-18-15-9-5-8-14(17)20-15/h3-9H,2,10-11H2,1H3,(H,18,20). The van der Waals surface area contributed by atoms with Gasteiger partial charge >= 0.3 is 0 Å². The molecule has 0 unspecified atom stereocenters. The zero-order valence-corrected chi connectivity index (χ0v) is 12.6.